The molecule has 0 aliphatic rings. The molecule has 0 aliphatic heterocycles. The summed E-state index contributed by atoms with van der Waals surface area (Å²) < 4.78 is 12.8. The number of methoxy groups -OCH3 is 2. The number of rotatable bonds is 7. The fraction of sp³-hybridized carbons (Fsp3) is 0.273. The van der Waals surface area contributed by atoms with Gasteiger partial charge < -0.3 is 19.4 Å². The van der Waals surface area contributed by atoms with Crippen LogP contribution in [0.5, 0.6) is 11.5 Å². The molecule has 0 aliphatic carbocycles. The van der Waals surface area contributed by atoms with Crippen molar-refractivity contribution < 1.29 is 14.3 Å². The Kier molecular flexibility index (Phi) is 5.99. The topological polar surface area (TPSA) is 65.4 Å². The van der Waals surface area contributed by atoms with Crippen molar-refractivity contribution in [1.29, 1.82) is 0 Å². The number of carbonyl (C=O) groups excluding carboxylic acids is 1. The van der Waals surface area contributed by atoms with Crippen molar-refractivity contribution >= 4 is 5.91 Å². The first-order valence-electron chi connectivity index (χ1n) is 9.06. The smallest absolute Gasteiger partial charge is 0.225 e. The molecule has 1 N–H and O–H groups in total. The minimum atomic E-state index is -0.431. The molecule has 2 aromatic carbocycles. The van der Waals surface area contributed by atoms with E-state index >= 15 is 0 Å². The number of nitrogens with zero attached hydrogens (tertiary/aromatic N) is 2. The van der Waals surface area contributed by atoms with Crippen LogP contribution in [0.2, 0.25) is 0 Å². The first-order valence-corrected chi connectivity index (χ1v) is 9.06. The van der Waals surface area contributed by atoms with Gasteiger partial charge in [-0.1, -0.05) is 35.9 Å². The first-order chi connectivity index (χ1) is 13.5. The molecule has 3 aromatic rings. The Morgan fingerprint density at radius 1 is 1.14 bits per heavy atom. The third-order valence-electron chi connectivity index (χ3n) is 4.66. The molecule has 3 rings (SSSR count). The molecular weight excluding hydrogens is 354 g/mol. The number of aryl methyl sites for hydroxylation is 2. The van der Waals surface area contributed by atoms with E-state index in [4.69, 9.17) is 9.47 Å². The second kappa shape index (κ2) is 8.61. The van der Waals surface area contributed by atoms with Gasteiger partial charge in [0.1, 0.15) is 23.4 Å². The van der Waals surface area contributed by atoms with Crippen LogP contribution in [0.3, 0.4) is 0 Å². The van der Waals surface area contributed by atoms with Gasteiger partial charge >= 0.3 is 0 Å². The van der Waals surface area contributed by atoms with Gasteiger partial charge in [-0.3, -0.25) is 4.79 Å². The van der Waals surface area contributed by atoms with E-state index in [9.17, 15) is 4.79 Å². The molecule has 6 heteroatoms. The molecule has 0 spiro atoms. The molecule has 0 radical (unpaired) electrons. The maximum absolute atomic E-state index is 12.9. The van der Waals surface area contributed by atoms with Crippen LogP contribution in [0.4, 0.5) is 0 Å². The first kappa shape index (κ1) is 19.5. The van der Waals surface area contributed by atoms with E-state index in [0.29, 0.717) is 11.5 Å². The number of hydrogen-bond donors (Lipinski definition) is 1. The molecule has 1 atom stereocenters. The highest BCUT2D eigenvalue weighted by Crippen LogP contribution is 2.29. The summed E-state index contributed by atoms with van der Waals surface area (Å²) in [5.41, 5.74) is 2.77. The Morgan fingerprint density at radius 3 is 2.57 bits per heavy atom. The standard InChI is InChI=1S/C22H25N3O3/c1-15-9-10-18(27-3)16(13-15)14-20(26)24-21(22-23-11-12-25(22)2)17-7-5-6-8-19(17)28-4/h5-13,21H,14H2,1-4H3,(H,24,26). The van der Waals surface area contributed by atoms with E-state index in [0.717, 1.165) is 22.5 Å². The zero-order valence-corrected chi connectivity index (χ0v) is 16.6. The van der Waals surface area contributed by atoms with E-state index < -0.39 is 6.04 Å². The second-order valence-corrected chi connectivity index (χ2v) is 6.63. The van der Waals surface area contributed by atoms with Crippen molar-refractivity contribution in [1.82, 2.24) is 14.9 Å². The minimum Gasteiger partial charge on any atom is -0.496 e. The normalized spacial score (nSPS) is 11.7. The summed E-state index contributed by atoms with van der Waals surface area (Å²) in [6.45, 7) is 1.99. The maximum Gasteiger partial charge on any atom is 0.225 e. The average Bonchev–Trinajstić information content (AvgIpc) is 3.12. The summed E-state index contributed by atoms with van der Waals surface area (Å²) in [4.78, 5) is 17.4. The summed E-state index contributed by atoms with van der Waals surface area (Å²) in [5, 5.41) is 3.11. The van der Waals surface area contributed by atoms with Crippen LogP contribution in [0.1, 0.15) is 28.6 Å². The number of amides is 1. The molecule has 1 aromatic heterocycles. The number of benzene rings is 2. The Balaban J connectivity index is 1.91. The predicted octanol–water partition coefficient (Wildman–Crippen LogP) is 3.19. The van der Waals surface area contributed by atoms with E-state index in [1.54, 1.807) is 20.4 Å². The summed E-state index contributed by atoms with van der Waals surface area (Å²) in [5.74, 6) is 2.01. The van der Waals surface area contributed by atoms with Gasteiger partial charge in [0, 0.05) is 30.6 Å². The molecule has 0 fully saturated rings. The Labute approximate surface area is 165 Å². The quantitative estimate of drug-likeness (QED) is 0.685. The van der Waals surface area contributed by atoms with Crippen molar-refractivity contribution in [2.24, 2.45) is 7.05 Å². The highest BCUT2D eigenvalue weighted by Gasteiger charge is 2.24. The molecule has 146 valence electrons. The van der Waals surface area contributed by atoms with Crippen molar-refractivity contribution in [3.63, 3.8) is 0 Å². The lowest BCUT2D eigenvalue weighted by atomic mass is 10.0. The van der Waals surface area contributed by atoms with E-state index in [1.807, 2.05) is 67.2 Å². The average molecular weight is 379 g/mol. The molecule has 0 bridgehead atoms. The van der Waals surface area contributed by atoms with E-state index in [2.05, 4.69) is 10.3 Å². The number of para-hydroxylation sites is 1. The van der Waals surface area contributed by atoms with Crippen LogP contribution in [0.25, 0.3) is 0 Å². The van der Waals surface area contributed by atoms with Gasteiger partial charge in [-0.2, -0.15) is 0 Å². The highest BCUT2D eigenvalue weighted by molar-refractivity contribution is 5.80. The van der Waals surface area contributed by atoms with Crippen molar-refractivity contribution in [3.8, 4) is 11.5 Å². The van der Waals surface area contributed by atoms with Gasteiger partial charge in [-0.25, -0.2) is 4.98 Å². The minimum absolute atomic E-state index is 0.122. The molecule has 28 heavy (non-hydrogen) atoms. The largest absolute Gasteiger partial charge is 0.496 e. The van der Waals surface area contributed by atoms with E-state index in [-0.39, 0.29) is 12.3 Å². The van der Waals surface area contributed by atoms with Crippen molar-refractivity contribution in [3.05, 3.63) is 77.4 Å². The highest BCUT2D eigenvalue weighted by atomic mass is 16.5. The molecule has 0 saturated carbocycles. The fourth-order valence-electron chi connectivity index (χ4n) is 3.27. The van der Waals surface area contributed by atoms with Crippen molar-refractivity contribution in [2.45, 2.75) is 19.4 Å². The number of hydrogen-bond acceptors (Lipinski definition) is 4. The number of ether oxygens (including phenoxy) is 2. The van der Waals surface area contributed by atoms with Crippen LogP contribution in [0, 0.1) is 6.92 Å². The molecular formula is C22H25N3O3. The number of carbonyl (C=O) groups is 1. The predicted molar refractivity (Wildman–Crippen MR) is 108 cm³/mol. The molecule has 1 amide bonds. The fourth-order valence-corrected chi connectivity index (χ4v) is 3.27. The number of aromatic nitrogens is 2. The van der Waals surface area contributed by atoms with Gasteiger partial charge in [0.15, 0.2) is 0 Å². The van der Waals surface area contributed by atoms with Gasteiger partial charge in [-0.05, 0) is 19.1 Å². The summed E-state index contributed by atoms with van der Waals surface area (Å²) in [6, 6.07) is 13.0. The number of imidazole rings is 1. The van der Waals surface area contributed by atoms with Gasteiger partial charge in [-0.15, -0.1) is 0 Å². The molecule has 0 saturated heterocycles. The lowest BCUT2D eigenvalue weighted by Gasteiger charge is -2.21. The summed E-state index contributed by atoms with van der Waals surface area (Å²) >= 11 is 0. The Bertz CT molecular complexity index is 965. The van der Waals surface area contributed by atoms with Gasteiger partial charge in [0.05, 0.1) is 20.6 Å². The molecule has 1 unspecified atom stereocenters. The monoisotopic (exact) mass is 379 g/mol. The Morgan fingerprint density at radius 2 is 1.89 bits per heavy atom. The van der Waals surface area contributed by atoms with Crippen LogP contribution in [-0.2, 0) is 18.3 Å². The molecule has 6 nitrogen and oxygen atoms in total. The SMILES string of the molecule is COc1ccc(C)cc1CC(=O)NC(c1ccccc1OC)c1nccn1C. The van der Waals surface area contributed by atoms with Crippen molar-refractivity contribution in [2.75, 3.05) is 14.2 Å². The lowest BCUT2D eigenvalue weighted by Crippen LogP contribution is -2.32. The van der Waals surface area contributed by atoms with Crippen LogP contribution >= 0.6 is 0 Å². The summed E-state index contributed by atoms with van der Waals surface area (Å²) in [7, 11) is 5.13. The third-order valence-corrected chi connectivity index (χ3v) is 4.66. The van der Waals surface area contributed by atoms with Crippen LogP contribution in [0.15, 0.2) is 54.9 Å². The summed E-state index contributed by atoms with van der Waals surface area (Å²) in [6.07, 6.45) is 3.78. The lowest BCUT2D eigenvalue weighted by molar-refractivity contribution is -0.121. The van der Waals surface area contributed by atoms with E-state index in [1.165, 1.54) is 0 Å². The molecule has 1 heterocycles. The van der Waals surface area contributed by atoms with Gasteiger partial charge in [0.2, 0.25) is 5.91 Å². The van der Waals surface area contributed by atoms with Gasteiger partial charge in [0.25, 0.3) is 0 Å². The maximum atomic E-state index is 12.9. The zero-order valence-electron chi connectivity index (χ0n) is 16.6. The second-order valence-electron chi connectivity index (χ2n) is 6.63. The van der Waals surface area contributed by atoms with Crippen LogP contribution < -0.4 is 14.8 Å². The third kappa shape index (κ3) is 4.17. The zero-order chi connectivity index (χ0) is 20.1. The Hall–Kier alpha value is -3.28. The number of nitrogens with one attached hydrogen (secondary N) is 1. The van der Waals surface area contributed by atoms with Crippen LogP contribution in [-0.4, -0.2) is 29.7 Å².